The van der Waals surface area contributed by atoms with Gasteiger partial charge in [0.05, 0.1) is 38.5 Å². The zero-order valence-electron chi connectivity index (χ0n) is 15.8. The number of aliphatic imine (C=N–C) groups is 1. The number of nitrogens with zero attached hydrogens (tertiary/aromatic N) is 1. The molecule has 1 heterocycles. The minimum Gasteiger partial charge on any atom is -0.463 e. The highest BCUT2D eigenvalue weighted by molar-refractivity contribution is 6.02. The molecule has 0 aliphatic carbocycles. The van der Waals surface area contributed by atoms with Gasteiger partial charge in [-0.15, -0.1) is 0 Å². The smallest absolute Gasteiger partial charge is 0.294 e. The summed E-state index contributed by atoms with van der Waals surface area (Å²) in [5.74, 6) is -0.151. The average molecular weight is 354 g/mol. The zero-order valence-corrected chi connectivity index (χ0v) is 15.8. The topological polar surface area (TPSA) is 77.5 Å². The summed E-state index contributed by atoms with van der Waals surface area (Å²) >= 11 is 0. The first-order valence-corrected chi connectivity index (χ1v) is 8.98. The van der Waals surface area contributed by atoms with Gasteiger partial charge < -0.3 is 18.8 Å². The molecule has 0 bridgehead atoms. The lowest BCUT2D eigenvalue weighted by atomic mass is 10.2. The maximum absolute atomic E-state index is 12.1. The van der Waals surface area contributed by atoms with Crippen molar-refractivity contribution in [2.75, 3.05) is 40.0 Å². The maximum atomic E-state index is 12.1. The van der Waals surface area contributed by atoms with Crippen LogP contribution in [-0.2, 0) is 9.47 Å². The van der Waals surface area contributed by atoms with Crippen LogP contribution in [-0.4, -0.2) is 57.9 Å². The van der Waals surface area contributed by atoms with Crippen LogP contribution in [0.1, 0.15) is 44.2 Å². The summed E-state index contributed by atoms with van der Waals surface area (Å²) in [6, 6.07) is 3.53. The zero-order chi connectivity index (χ0) is 18.5. The number of amides is 1. The number of rotatable bonds is 11. The summed E-state index contributed by atoms with van der Waals surface area (Å²) in [4.78, 5) is 18.2. The van der Waals surface area contributed by atoms with Crippen LogP contribution in [0.3, 0.4) is 0 Å². The third-order valence-corrected chi connectivity index (χ3v) is 3.98. The van der Waals surface area contributed by atoms with Crippen molar-refractivity contribution in [3.8, 4) is 0 Å². The van der Waals surface area contributed by atoms with Gasteiger partial charge in [-0.05, 0) is 45.7 Å². The van der Waals surface area contributed by atoms with Gasteiger partial charge in [0.25, 0.3) is 11.9 Å². The highest BCUT2D eigenvalue weighted by atomic mass is 16.5. The minimum absolute atomic E-state index is 0.0596. The molecule has 0 spiro atoms. The van der Waals surface area contributed by atoms with E-state index >= 15 is 0 Å². The van der Waals surface area contributed by atoms with Crippen molar-refractivity contribution in [3.63, 3.8) is 0 Å². The number of hydrogen-bond donors (Lipinski definition) is 2. The Hall–Kier alpha value is -1.86. The van der Waals surface area contributed by atoms with E-state index in [1.54, 1.807) is 24.1 Å². The molecule has 0 saturated carbocycles. The van der Waals surface area contributed by atoms with Gasteiger partial charge in [-0.2, -0.15) is 0 Å². The van der Waals surface area contributed by atoms with E-state index in [4.69, 9.17) is 13.9 Å². The van der Waals surface area contributed by atoms with E-state index in [1.807, 2.05) is 6.92 Å². The first kappa shape index (κ1) is 21.2. The fraction of sp³-hybridized carbons (Fsp3) is 0.667. The van der Waals surface area contributed by atoms with Crippen LogP contribution in [0.2, 0.25) is 0 Å². The van der Waals surface area contributed by atoms with Crippen LogP contribution < -0.4 is 10.2 Å². The Labute approximate surface area is 150 Å². The van der Waals surface area contributed by atoms with E-state index in [9.17, 15) is 4.79 Å². The molecule has 1 aromatic rings. The minimum atomic E-state index is -0.374. The van der Waals surface area contributed by atoms with Crippen molar-refractivity contribution in [1.29, 1.82) is 0 Å². The van der Waals surface area contributed by atoms with Gasteiger partial charge in [0.2, 0.25) is 0 Å². The van der Waals surface area contributed by atoms with Crippen molar-refractivity contribution in [3.05, 3.63) is 24.2 Å². The van der Waals surface area contributed by atoms with E-state index in [-0.39, 0.29) is 23.7 Å². The summed E-state index contributed by atoms with van der Waals surface area (Å²) in [6.07, 6.45) is 3.48. The molecule has 0 radical (unpaired) electrons. The third-order valence-electron chi connectivity index (χ3n) is 3.98. The molecule has 7 heteroatoms. The summed E-state index contributed by atoms with van der Waals surface area (Å²) < 4.78 is 15.6. The van der Waals surface area contributed by atoms with Gasteiger partial charge in [-0.1, -0.05) is 0 Å². The molecule has 142 valence electrons. The van der Waals surface area contributed by atoms with Crippen LogP contribution >= 0.6 is 0 Å². The van der Waals surface area contributed by atoms with Gasteiger partial charge in [0.1, 0.15) is 6.61 Å². The van der Waals surface area contributed by atoms with Gasteiger partial charge in [0, 0.05) is 7.11 Å². The van der Waals surface area contributed by atoms with E-state index in [1.165, 1.54) is 6.26 Å². The van der Waals surface area contributed by atoms with Crippen molar-refractivity contribution in [2.45, 2.75) is 39.7 Å². The first-order valence-electron chi connectivity index (χ1n) is 8.98. The van der Waals surface area contributed by atoms with Crippen LogP contribution in [0.15, 0.2) is 27.8 Å². The number of furan rings is 1. The van der Waals surface area contributed by atoms with Crippen molar-refractivity contribution in [1.82, 2.24) is 5.32 Å². The second-order valence-corrected chi connectivity index (χ2v) is 5.91. The lowest BCUT2D eigenvalue weighted by Gasteiger charge is -2.16. The number of hydrogen-bond acceptors (Lipinski definition) is 5. The van der Waals surface area contributed by atoms with Crippen LogP contribution in [0.5, 0.6) is 0 Å². The fourth-order valence-corrected chi connectivity index (χ4v) is 2.41. The Bertz CT molecular complexity index is 498. The maximum Gasteiger partial charge on any atom is 0.294 e. The van der Waals surface area contributed by atoms with Crippen LogP contribution in [0.4, 0.5) is 0 Å². The van der Waals surface area contributed by atoms with Crippen LogP contribution in [0, 0.1) is 0 Å². The second kappa shape index (κ2) is 12.5. The molecule has 0 unspecified atom stereocenters. The van der Waals surface area contributed by atoms with E-state index < -0.39 is 0 Å². The van der Waals surface area contributed by atoms with Gasteiger partial charge in [-0.25, -0.2) is 4.99 Å². The molecule has 25 heavy (non-hydrogen) atoms. The largest absolute Gasteiger partial charge is 0.463 e. The van der Waals surface area contributed by atoms with Gasteiger partial charge >= 0.3 is 0 Å². The summed E-state index contributed by atoms with van der Waals surface area (Å²) in [7, 11) is 1.60. The molecular weight excluding hydrogens is 322 g/mol. The van der Waals surface area contributed by atoms with Gasteiger partial charge in [0.15, 0.2) is 5.76 Å². The second-order valence-electron chi connectivity index (χ2n) is 5.91. The molecule has 1 aromatic heterocycles. The number of carbonyl (C=O) groups excluding carboxylic acids is 1. The molecular formula is C18H32N3O4+. The highest BCUT2D eigenvalue weighted by Gasteiger charge is 2.14. The number of carbonyl (C=O) groups is 1. The molecule has 2 N–H and O–H groups in total. The number of nitrogens with one attached hydrogen (secondary N) is 2. The normalized spacial score (nSPS) is 13.1. The molecule has 0 saturated heterocycles. The van der Waals surface area contributed by atoms with Crippen molar-refractivity contribution >= 4 is 11.9 Å². The monoisotopic (exact) mass is 354 g/mol. The Morgan fingerprint density at radius 3 is 2.72 bits per heavy atom. The highest BCUT2D eigenvalue weighted by Crippen LogP contribution is 2.03. The molecule has 7 nitrogen and oxygen atoms in total. The molecule has 0 aliphatic heterocycles. The Balaban J connectivity index is 2.56. The predicted molar refractivity (Wildman–Crippen MR) is 97.0 cm³/mol. The van der Waals surface area contributed by atoms with Crippen LogP contribution in [0.25, 0.3) is 0 Å². The molecule has 1 atom stereocenters. The molecule has 0 aromatic carbocycles. The molecule has 1 rings (SSSR count). The predicted octanol–water partition coefficient (Wildman–Crippen LogP) is 1.12. The standard InChI is InChI=1S/C18H31N3O4/c1-5-21(6-2)11-7-9-15(3)19-18(25-14-13-23-4)20-17(22)16-10-8-12-24-16/h8,10,12,15H,5-7,9,11,13-14H2,1-4H3,(H,19,20,22)/p+1/t15-/m0/s1. The molecule has 1 amide bonds. The molecule has 0 fully saturated rings. The Morgan fingerprint density at radius 2 is 2.12 bits per heavy atom. The number of amidine groups is 1. The average Bonchev–Trinajstić information content (AvgIpc) is 3.13. The Morgan fingerprint density at radius 1 is 1.36 bits per heavy atom. The SMILES string of the molecule is CC[NH+](CC)CCC[C@H](C)N=C(NC(=O)c1ccco1)OCCOC. The fourth-order valence-electron chi connectivity index (χ4n) is 2.41. The Kier molecular flexibility index (Phi) is 10.6. The van der Waals surface area contributed by atoms with E-state index in [0.29, 0.717) is 13.2 Å². The number of quaternary nitrogens is 1. The van der Waals surface area contributed by atoms with Gasteiger partial charge in [-0.3, -0.25) is 10.1 Å². The summed E-state index contributed by atoms with van der Waals surface area (Å²) in [5, 5.41) is 2.67. The van der Waals surface area contributed by atoms with E-state index in [2.05, 4.69) is 24.2 Å². The van der Waals surface area contributed by atoms with Crippen molar-refractivity contribution < 1.29 is 23.6 Å². The first-order chi connectivity index (χ1) is 12.1. The van der Waals surface area contributed by atoms with Crippen molar-refractivity contribution in [2.24, 2.45) is 4.99 Å². The summed E-state index contributed by atoms with van der Waals surface area (Å²) in [6.45, 7) is 10.6. The quantitative estimate of drug-likeness (QED) is 0.355. The summed E-state index contributed by atoms with van der Waals surface area (Å²) in [5.41, 5.74) is 0. The third kappa shape index (κ3) is 8.69. The number of methoxy groups -OCH3 is 1. The lowest BCUT2D eigenvalue weighted by molar-refractivity contribution is -0.896. The number of ether oxygens (including phenoxy) is 2. The van der Waals surface area contributed by atoms with E-state index in [0.717, 1.165) is 32.5 Å². The molecule has 0 aliphatic rings. The lowest BCUT2D eigenvalue weighted by Crippen LogP contribution is -3.11.